The Balaban J connectivity index is 2.29. The molecule has 16 heteroatoms. The van der Waals surface area contributed by atoms with Gasteiger partial charge in [-0.1, -0.05) is 0 Å². The fourth-order valence-corrected chi connectivity index (χ4v) is 2.80. The zero-order valence-electron chi connectivity index (χ0n) is 15.4. The van der Waals surface area contributed by atoms with Gasteiger partial charge in [-0.05, 0) is 12.1 Å². The number of esters is 3. The van der Waals surface area contributed by atoms with Crippen LogP contribution in [0.3, 0.4) is 0 Å². The highest BCUT2D eigenvalue weighted by molar-refractivity contribution is 6.53. The van der Waals surface area contributed by atoms with Crippen LogP contribution in [0.4, 0.5) is 14.4 Å². The second kappa shape index (κ2) is 8.02. The summed E-state index contributed by atoms with van der Waals surface area (Å²) in [7, 11) is 0. The number of pyridine rings is 1. The summed E-state index contributed by atoms with van der Waals surface area (Å²) in [6.45, 7) is 0. The summed E-state index contributed by atoms with van der Waals surface area (Å²) >= 11 is 0. The Kier molecular flexibility index (Phi) is 5.42. The predicted molar refractivity (Wildman–Crippen MR) is 93.0 cm³/mol. The lowest BCUT2D eigenvalue weighted by atomic mass is 9.88. The Morgan fingerprint density at radius 1 is 0.758 bits per heavy atom. The monoisotopic (exact) mass is 462 g/mol. The summed E-state index contributed by atoms with van der Waals surface area (Å²) in [5, 5.41) is 25.8. The van der Waals surface area contributed by atoms with Gasteiger partial charge in [-0.25, -0.2) is 33.8 Å². The van der Waals surface area contributed by atoms with Gasteiger partial charge in [0, 0.05) is 5.56 Å². The van der Waals surface area contributed by atoms with Crippen molar-refractivity contribution >= 4 is 47.9 Å². The van der Waals surface area contributed by atoms with Crippen molar-refractivity contribution in [3.63, 3.8) is 0 Å². The Morgan fingerprint density at radius 3 is 1.88 bits per heavy atom. The molecule has 4 N–H and O–H groups in total. The standard InChI is InChI=1S/C17H6N2O14/c20-10-4-2-6(14(24)33-17(29)30)18-8(4)7-3(12(22)31-15(25)26)1-5(13(23)32-16(27)28)19-9(7)11(10)21/h1-2,18H,(H,25,26)(H,27,28)(H,29,30). The van der Waals surface area contributed by atoms with Crippen molar-refractivity contribution in [2.45, 2.75) is 0 Å². The number of fused-ring (bicyclic) bond motifs is 3. The molecule has 0 fully saturated rings. The summed E-state index contributed by atoms with van der Waals surface area (Å²) in [6.07, 6.45) is -6.18. The number of carbonyl (C=O) groups is 8. The van der Waals surface area contributed by atoms with Gasteiger partial charge in [0.25, 0.3) is 5.78 Å². The third-order valence-electron chi connectivity index (χ3n) is 3.94. The zero-order valence-corrected chi connectivity index (χ0v) is 15.4. The summed E-state index contributed by atoms with van der Waals surface area (Å²) in [5.74, 6) is -7.62. The minimum atomic E-state index is -2.10. The molecule has 0 bridgehead atoms. The number of carboxylic acid groups (broad SMARTS) is 3. The van der Waals surface area contributed by atoms with Crippen LogP contribution in [0.5, 0.6) is 0 Å². The van der Waals surface area contributed by atoms with Gasteiger partial charge in [0.1, 0.15) is 11.4 Å². The maximum Gasteiger partial charge on any atom is 0.513 e. The Hall–Kier alpha value is -5.41. The average molecular weight is 462 g/mol. The fourth-order valence-electron chi connectivity index (χ4n) is 2.80. The van der Waals surface area contributed by atoms with Gasteiger partial charge in [-0.2, -0.15) is 0 Å². The molecule has 1 aliphatic carbocycles. The van der Waals surface area contributed by atoms with Crippen LogP contribution in [-0.2, 0) is 14.2 Å². The molecule has 1 aliphatic rings. The van der Waals surface area contributed by atoms with E-state index in [-0.39, 0.29) is 0 Å². The Bertz CT molecular complexity index is 1320. The van der Waals surface area contributed by atoms with Crippen molar-refractivity contribution in [1.82, 2.24) is 9.97 Å². The van der Waals surface area contributed by atoms with Crippen LogP contribution in [0.1, 0.15) is 52.2 Å². The van der Waals surface area contributed by atoms with E-state index in [1.54, 1.807) is 0 Å². The van der Waals surface area contributed by atoms with Gasteiger partial charge in [0.2, 0.25) is 5.78 Å². The molecule has 2 heterocycles. The largest absolute Gasteiger partial charge is 0.513 e. The molecule has 33 heavy (non-hydrogen) atoms. The summed E-state index contributed by atoms with van der Waals surface area (Å²) < 4.78 is 11.8. The molecular formula is C17H6N2O14. The smallest absolute Gasteiger partial charge is 0.449 e. The highest BCUT2D eigenvalue weighted by Crippen LogP contribution is 2.36. The van der Waals surface area contributed by atoms with Crippen LogP contribution in [-0.4, -0.2) is 73.2 Å². The van der Waals surface area contributed by atoms with Crippen LogP contribution in [0.15, 0.2) is 12.1 Å². The number of hydrogen-bond acceptors (Lipinski definition) is 12. The van der Waals surface area contributed by atoms with Gasteiger partial charge < -0.3 is 34.5 Å². The molecule has 16 nitrogen and oxygen atoms in total. The van der Waals surface area contributed by atoms with Gasteiger partial charge in [0.15, 0.2) is 5.69 Å². The van der Waals surface area contributed by atoms with Crippen molar-refractivity contribution in [1.29, 1.82) is 0 Å². The highest BCUT2D eigenvalue weighted by atomic mass is 16.7. The quantitative estimate of drug-likeness (QED) is 0.214. The second-order valence-electron chi connectivity index (χ2n) is 5.87. The van der Waals surface area contributed by atoms with E-state index < -0.39 is 87.4 Å². The highest BCUT2D eigenvalue weighted by Gasteiger charge is 2.39. The molecule has 0 saturated carbocycles. The molecule has 168 valence electrons. The number of aromatic amines is 1. The van der Waals surface area contributed by atoms with Crippen LogP contribution < -0.4 is 0 Å². The number of hydrogen-bond donors (Lipinski definition) is 4. The topological polar surface area (TPSA) is 254 Å². The number of rotatable bonds is 3. The van der Waals surface area contributed by atoms with E-state index >= 15 is 0 Å². The average Bonchev–Trinajstić information content (AvgIpc) is 3.15. The summed E-state index contributed by atoms with van der Waals surface area (Å²) in [4.78, 5) is 98.9. The lowest BCUT2D eigenvalue weighted by molar-refractivity contribution is 0.0483. The van der Waals surface area contributed by atoms with Gasteiger partial charge >= 0.3 is 36.4 Å². The molecule has 0 amide bonds. The van der Waals surface area contributed by atoms with Gasteiger partial charge in [-0.3, -0.25) is 9.59 Å². The molecular weight excluding hydrogens is 456 g/mol. The van der Waals surface area contributed by atoms with E-state index in [0.29, 0.717) is 6.07 Å². The normalized spacial score (nSPS) is 11.6. The van der Waals surface area contributed by atoms with E-state index in [4.69, 9.17) is 15.3 Å². The van der Waals surface area contributed by atoms with Crippen LogP contribution in [0, 0.1) is 0 Å². The molecule has 0 aliphatic heterocycles. The Labute approximate surface area is 178 Å². The summed E-state index contributed by atoms with van der Waals surface area (Å²) in [5.41, 5.74) is -5.00. The number of nitrogens with one attached hydrogen (secondary N) is 1. The minimum absolute atomic E-state index is 0.463. The van der Waals surface area contributed by atoms with Crippen molar-refractivity contribution in [3.05, 3.63) is 40.3 Å². The maximum atomic E-state index is 12.6. The molecule has 0 unspecified atom stereocenters. The number of ether oxygens (including phenoxy) is 3. The minimum Gasteiger partial charge on any atom is -0.449 e. The van der Waals surface area contributed by atoms with E-state index in [0.717, 1.165) is 6.07 Å². The van der Waals surface area contributed by atoms with Crippen molar-refractivity contribution in [3.8, 4) is 11.3 Å². The Morgan fingerprint density at radius 2 is 1.30 bits per heavy atom. The fraction of sp³-hybridized carbons (Fsp3) is 0. The molecule has 3 rings (SSSR count). The van der Waals surface area contributed by atoms with E-state index in [1.165, 1.54) is 0 Å². The second-order valence-corrected chi connectivity index (χ2v) is 5.87. The molecule has 0 spiro atoms. The maximum absolute atomic E-state index is 12.6. The molecule has 0 saturated heterocycles. The lowest BCUT2D eigenvalue weighted by Crippen LogP contribution is -2.26. The van der Waals surface area contributed by atoms with Gasteiger partial charge in [-0.15, -0.1) is 0 Å². The number of carbonyl (C=O) groups excluding carboxylic acids is 5. The van der Waals surface area contributed by atoms with Crippen molar-refractivity contribution < 1.29 is 67.9 Å². The molecule has 0 radical (unpaired) electrons. The van der Waals surface area contributed by atoms with E-state index in [2.05, 4.69) is 24.2 Å². The van der Waals surface area contributed by atoms with E-state index in [9.17, 15) is 38.4 Å². The van der Waals surface area contributed by atoms with Crippen LogP contribution in [0.2, 0.25) is 0 Å². The van der Waals surface area contributed by atoms with Crippen molar-refractivity contribution in [2.75, 3.05) is 0 Å². The predicted octanol–water partition coefficient (Wildman–Crippen LogP) is 0.960. The lowest BCUT2D eigenvalue weighted by Gasteiger charge is -2.17. The molecule has 0 atom stereocenters. The van der Waals surface area contributed by atoms with Crippen molar-refractivity contribution in [2.24, 2.45) is 0 Å². The van der Waals surface area contributed by atoms with Crippen LogP contribution >= 0.6 is 0 Å². The van der Waals surface area contributed by atoms with Crippen LogP contribution in [0.25, 0.3) is 11.3 Å². The molecule has 2 aromatic rings. The number of Topliss-reactive ketones (excluding diaryl/α,β-unsaturated/α-hetero) is 2. The summed E-state index contributed by atoms with van der Waals surface area (Å²) in [6, 6.07) is 1.26. The number of ketones is 2. The third kappa shape index (κ3) is 4.10. The number of nitrogens with zero attached hydrogens (tertiary/aromatic N) is 1. The molecule has 0 aromatic carbocycles. The first-order valence-electron chi connectivity index (χ1n) is 8.13. The first kappa shape index (κ1) is 22.3. The van der Waals surface area contributed by atoms with Gasteiger partial charge in [0.05, 0.1) is 16.8 Å². The molecule has 2 aromatic heterocycles. The number of aromatic nitrogens is 2. The first-order chi connectivity index (χ1) is 15.4. The zero-order chi connectivity index (χ0) is 24.6. The first-order valence-corrected chi connectivity index (χ1v) is 8.13. The number of H-pyrrole nitrogens is 1. The SMILES string of the molecule is O=C(O)OC(=O)c1cc(C(=O)OC(=O)O)c2c(n1)C(=O)C(=O)c1cc(C(=O)OC(=O)O)[nH]c1-2. The third-order valence-corrected chi connectivity index (χ3v) is 3.94. The van der Waals surface area contributed by atoms with E-state index in [1.807, 2.05) is 0 Å².